The van der Waals surface area contributed by atoms with Crippen LogP contribution < -0.4 is 4.74 Å². The molecule has 2 aromatic rings. The van der Waals surface area contributed by atoms with Crippen molar-refractivity contribution in [2.24, 2.45) is 0 Å². The molecular formula is C14H11BrF2O. The number of rotatable bonds is 3. The lowest BCUT2D eigenvalue weighted by molar-refractivity contribution is 0.411. The summed E-state index contributed by atoms with van der Waals surface area (Å²) in [7, 11) is 1.47. The average molecular weight is 313 g/mol. The Bertz CT molecular complexity index is 557. The van der Waals surface area contributed by atoms with E-state index in [0.29, 0.717) is 16.9 Å². The molecule has 1 unspecified atom stereocenters. The van der Waals surface area contributed by atoms with Crippen LogP contribution in [-0.2, 0) is 0 Å². The van der Waals surface area contributed by atoms with Gasteiger partial charge in [0.25, 0.3) is 0 Å². The van der Waals surface area contributed by atoms with Gasteiger partial charge in [0.1, 0.15) is 17.4 Å². The van der Waals surface area contributed by atoms with Gasteiger partial charge in [0.2, 0.25) is 0 Å². The van der Waals surface area contributed by atoms with Gasteiger partial charge in [-0.1, -0.05) is 40.2 Å². The van der Waals surface area contributed by atoms with Gasteiger partial charge >= 0.3 is 0 Å². The van der Waals surface area contributed by atoms with E-state index < -0.39 is 10.6 Å². The second kappa shape index (κ2) is 5.48. The largest absolute Gasteiger partial charge is 0.497 e. The van der Waals surface area contributed by atoms with Crippen LogP contribution in [0.4, 0.5) is 8.78 Å². The summed E-state index contributed by atoms with van der Waals surface area (Å²) in [6.45, 7) is 0. The summed E-state index contributed by atoms with van der Waals surface area (Å²) in [5, 5.41) is 0. The number of ether oxygens (including phenoxy) is 1. The number of methoxy groups -OCH3 is 1. The molecular weight excluding hydrogens is 302 g/mol. The van der Waals surface area contributed by atoms with E-state index in [-0.39, 0.29) is 5.82 Å². The summed E-state index contributed by atoms with van der Waals surface area (Å²) >= 11 is 3.32. The molecule has 0 aliphatic rings. The van der Waals surface area contributed by atoms with Gasteiger partial charge in [-0.25, -0.2) is 8.78 Å². The minimum Gasteiger partial charge on any atom is -0.497 e. The van der Waals surface area contributed by atoms with Crippen molar-refractivity contribution in [3.05, 3.63) is 65.2 Å². The minimum absolute atomic E-state index is 0.366. The maximum absolute atomic E-state index is 13.9. The average Bonchev–Trinajstić information content (AvgIpc) is 2.38. The van der Waals surface area contributed by atoms with Crippen LogP contribution in [0, 0.1) is 11.6 Å². The lowest BCUT2D eigenvalue weighted by atomic mass is 10.0. The maximum Gasteiger partial charge on any atom is 0.131 e. The van der Waals surface area contributed by atoms with Gasteiger partial charge in [-0.3, -0.25) is 0 Å². The zero-order valence-electron chi connectivity index (χ0n) is 9.66. The molecule has 0 fully saturated rings. The molecule has 1 nitrogen and oxygen atoms in total. The summed E-state index contributed by atoms with van der Waals surface area (Å²) in [6.07, 6.45) is 0. The van der Waals surface area contributed by atoms with Crippen LogP contribution in [0.3, 0.4) is 0 Å². The Balaban J connectivity index is 2.40. The second-order valence-electron chi connectivity index (χ2n) is 3.77. The van der Waals surface area contributed by atoms with Gasteiger partial charge in [-0.2, -0.15) is 0 Å². The summed E-state index contributed by atoms with van der Waals surface area (Å²) in [5.41, 5.74) is 0.780. The van der Waals surface area contributed by atoms with Crippen molar-refractivity contribution in [1.29, 1.82) is 0 Å². The van der Waals surface area contributed by atoms with Gasteiger partial charge in [-0.15, -0.1) is 0 Å². The Morgan fingerprint density at radius 2 is 1.67 bits per heavy atom. The van der Waals surface area contributed by atoms with E-state index in [1.807, 2.05) is 0 Å². The molecule has 94 valence electrons. The van der Waals surface area contributed by atoms with E-state index in [1.165, 1.54) is 19.2 Å². The van der Waals surface area contributed by atoms with E-state index in [2.05, 4.69) is 15.9 Å². The first-order valence-electron chi connectivity index (χ1n) is 5.35. The fourth-order valence-electron chi connectivity index (χ4n) is 1.69. The van der Waals surface area contributed by atoms with E-state index in [1.54, 1.807) is 30.3 Å². The highest BCUT2D eigenvalue weighted by Crippen LogP contribution is 2.34. The minimum atomic E-state index is -0.524. The van der Waals surface area contributed by atoms with E-state index in [0.717, 1.165) is 0 Å². The number of hydrogen-bond donors (Lipinski definition) is 0. The molecule has 0 saturated heterocycles. The van der Waals surface area contributed by atoms with Crippen molar-refractivity contribution in [3.8, 4) is 5.75 Å². The lowest BCUT2D eigenvalue weighted by Gasteiger charge is -2.13. The van der Waals surface area contributed by atoms with Crippen molar-refractivity contribution >= 4 is 15.9 Å². The lowest BCUT2D eigenvalue weighted by Crippen LogP contribution is -1.99. The van der Waals surface area contributed by atoms with Gasteiger partial charge < -0.3 is 4.74 Å². The van der Waals surface area contributed by atoms with Gasteiger partial charge in [-0.05, 0) is 12.1 Å². The highest BCUT2D eigenvalue weighted by molar-refractivity contribution is 9.09. The molecule has 18 heavy (non-hydrogen) atoms. The first-order valence-corrected chi connectivity index (χ1v) is 6.27. The van der Waals surface area contributed by atoms with Crippen molar-refractivity contribution in [2.45, 2.75) is 4.83 Å². The van der Waals surface area contributed by atoms with Crippen molar-refractivity contribution in [2.75, 3.05) is 7.11 Å². The van der Waals surface area contributed by atoms with Crippen LogP contribution in [0.2, 0.25) is 0 Å². The maximum atomic E-state index is 13.9. The van der Waals surface area contributed by atoms with Crippen LogP contribution in [0.1, 0.15) is 16.0 Å². The van der Waals surface area contributed by atoms with Crippen LogP contribution in [0.5, 0.6) is 5.75 Å². The van der Waals surface area contributed by atoms with E-state index in [9.17, 15) is 8.78 Å². The molecule has 2 aromatic carbocycles. The Kier molecular flexibility index (Phi) is 3.97. The van der Waals surface area contributed by atoms with Crippen LogP contribution in [-0.4, -0.2) is 7.11 Å². The zero-order chi connectivity index (χ0) is 13.1. The van der Waals surface area contributed by atoms with Gasteiger partial charge in [0.05, 0.1) is 11.9 Å². The standard InChI is InChI=1S/C14H11BrF2O/c1-18-9-6-7-11(13(17)8-9)14(15)10-4-2-3-5-12(10)16/h2-8,14H,1H3. The summed E-state index contributed by atoms with van der Waals surface area (Å²) in [6, 6.07) is 10.8. The van der Waals surface area contributed by atoms with Gasteiger partial charge in [0.15, 0.2) is 0 Å². The van der Waals surface area contributed by atoms with Crippen molar-refractivity contribution in [1.82, 2.24) is 0 Å². The fraction of sp³-hybridized carbons (Fsp3) is 0.143. The Morgan fingerprint density at radius 3 is 2.28 bits per heavy atom. The molecule has 0 saturated carbocycles. The molecule has 0 spiro atoms. The summed E-state index contributed by atoms with van der Waals surface area (Å²) in [5.74, 6) is -0.362. The third kappa shape index (κ3) is 2.53. The van der Waals surface area contributed by atoms with Crippen LogP contribution >= 0.6 is 15.9 Å². The number of halogens is 3. The molecule has 0 aliphatic heterocycles. The topological polar surface area (TPSA) is 9.23 Å². The third-order valence-corrected chi connectivity index (χ3v) is 3.65. The molecule has 0 amide bonds. The zero-order valence-corrected chi connectivity index (χ0v) is 11.2. The second-order valence-corrected chi connectivity index (χ2v) is 4.69. The smallest absolute Gasteiger partial charge is 0.131 e. The van der Waals surface area contributed by atoms with Crippen LogP contribution in [0.15, 0.2) is 42.5 Å². The number of hydrogen-bond acceptors (Lipinski definition) is 1. The highest BCUT2D eigenvalue weighted by Gasteiger charge is 2.18. The van der Waals surface area contributed by atoms with E-state index >= 15 is 0 Å². The van der Waals surface area contributed by atoms with E-state index in [4.69, 9.17) is 4.74 Å². The van der Waals surface area contributed by atoms with Crippen molar-refractivity contribution < 1.29 is 13.5 Å². The number of alkyl halides is 1. The molecule has 0 aliphatic carbocycles. The van der Waals surface area contributed by atoms with Crippen LogP contribution in [0.25, 0.3) is 0 Å². The summed E-state index contributed by atoms with van der Waals surface area (Å²) < 4.78 is 32.4. The Labute approximate surface area is 113 Å². The molecule has 0 N–H and O–H groups in total. The third-order valence-electron chi connectivity index (χ3n) is 2.66. The molecule has 0 bridgehead atoms. The highest BCUT2D eigenvalue weighted by atomic mass is 79.9. The SMILES string of the molecule is COc1ccc(C(Br)c2ccccc2F)c(F)c1. The molecule has 0 radical (unpaired) electrons. The monoisotopic (exact) mass is 312 g/mol. The predicted octanol–water partition coefficient (Wildman–Crippen LogP) is 4.46. The Morgan fingerprint density at radius 1 is 1.00 bits per heavy atom. The predicted molar refractivity (Wildman–Crippen MR) is 70.1 cm³/mol. The molecule has 4 heteroatoms. The van der Waals surface area contributed by atoms with Gasteiger partial charge in [0, 0.05) is 17.2 Å². The number of benzene rings is 2. The fourth-order valence-corrected chi connectivity index (χ4v) is 2.43. The normalized spacial score (nSPS) is 12.2. The first kappa shape index (κ1) is 13.0. The molecule has 2 rings (SSSR count). The first-order chi connectivity index (χ1) is 8.63. The summed E-state index contributed by atoms with van der Waals surface area (Å²) in [4.78, 5) is -0.524. The molecule has 0 aromatic heterocycles. The molecule has 1 atom stereocenters. The molecule has 0 heterocycles. The Hall–Kier alpha value is -1.42. The van der Waals surface area contributed by atoms with Crippen molar-refractivity contribution in [3.63, 3.8) is 0 Å². The quantitative estimate of drug-likeness (QED) is 0.760.